The van der Waals surface area contributed by atoms with E-state index in [9.17, 15) is 0 Å². The van der Waals surface area contributed by atoms with Gasteiger partial charge in [-0.2, -0.15) is 0 Å². The lowest BCUT2D eigenvalue weighted by atomic mass is 10.00. The Morgan fingerprint density at radius 2 is 2.21 bits per heavy atom. The minimum atomic E-state index is 0.398. The Hall–Kier alpha value is -0.340. The van der Waals surface area contributed by atoms with Crippen LogP contribution in [0.25, 0.3) is 0 Å². The van der Waals surface area contributed by atoms with Gasteiger partial charge in [0.2, 0.25) is 0 Å². The molecule has 0 saturated carbocycles. The number of thiophene rings is 1. The van der Waals surface area contributed by atoms with Gasteiger partial charge >= 0.3 is 0 Å². The van der Waals surface area contributed by atoms with E-state index >= 15 is 0 Å². The fourth-order valence-electron chi connectivity index (χ4n) is 1.72. The van der Waals surface area contributed by atoms with Crippen LogP contribution in [0, 0.1) is 5.92 Å². The maximum Gasteiger partial charge on any atom is 0.00452 e. The Labute approximate surface area is 91.3 Å². The van der Waals surface area contributed by atoms with Crippen LogP contribution in [-0.4, -0.2) is 6.04 Å². The molecule has 0 bridgehead atoms. The van der Waals surface area contributed by atoms with Crippen molar-refractivity contribution >= 4 is 11.3 Å². The molecule has 0 aliphatic rings. The molecule has 14 heavy (non-hydrogen) atoms. The Morgan fingerprint density at radius 3 is 2.79 bits per heavy atom. The molecule has 1 atom stereocenters. The molecule has 0 spiro atoms. The van der Waals surface area contributed by atoms with E-state index in [0.29, 0.717) is 6.04 Å². The van der Waals surface area contributed by atoms with Crippen LogP contribution in [0.4, 0.5) is 0 Å². The lowest BCUT2D eigenvalue weighted by molar-refractivity contribution is 0.463. The molecule has 2 heteroatoms. The zero-order chi connectivity index (χ0) is 10.4. The summed E-state index contributed by atoms with van der Waals surface area (Å²) < 4.78 is 0. The van der Waals surface area contributed by atoms with Crippen molar-refractivity contribution in [2.24, 2.45) is 11.7 Å². The maximum absolute atomic E-state index is 6.02. The molecule has 1 aromatic rings. The first-order chi connectivity index (χ1) is 6.68. The third-order valence-corrected chi connectivity index (χ3v) is 3.29. The average molecular weight is 211 g/mol. The highest BCUT2D eigenvalue weighted by Crippen LogP contribution is 2.14. The summed E-state index contributed by atoms with van der Waals surface area (Å²) in [5.41, 5.74) is 6.02. The first kappa shape index (κ1) is 11.7. The van der Waals surface area contributed by atoms with Crippen molar-refractivity contribution in [2.75, 3.05) is 0 Å². The molecule has 80 valence electrons. The maximum atomic E-state index is 6.02. The number of aryl methyl sites for hydroxylation is 1. The van der Waals surface area contributed by atoms with Gasteiger partial charge in [-0.1, -0.05) is 19.9 Å². The number of hydrogen-bond donors (Lipinski definition) is 1. The van der Waals surface area contributed by atoms with Crippen molar-refractivity contribution in [3.8, 4) is 0 Å². The van der Waals surface area contributed by atoms with Gasteiger partial charge in [-0.25, -0.2) is 0 Å². The number of rotatable bonds is 6. The van der Waals surface area contributed by atoms with E-state index in [0.717, 1.165) is 18.8 Å². The third kappa shape index (κ3) is 4.77. The summed E-state index contributed by atoms with van der Waals surface area (Å²) in [6.45, 7) is 4.47. The van der Waals surface area contributed by atoms with Crippen LogP contribution in [0.2, 0.25) is 0 Å². The molecule has 0 amide bonds. The van der Waals surface area contributed by atoms with Gasteiger partial charge in [0.25, 0.3) is 0 Å². The van der Waals surface area contributed by atoms with Gasteiger partial charge in [0.15, 0.2) is 0 Å². The molecule has 1 aromatic heterocycles. The second-order valence-electron chi connectivity index (χ2n) is 4.36. The standard InChI is InChI=1S/C12H21NS/c1-10(2)9-11(13)5-3-6-12-7-4-8-14-12/h4,7-8,10-11H,3,5-6,9,13H2,1-2H3. The highest BCUT2D eigenvalue weighted by molar-refractivity contribution is 7.09. The van der Waals surface area contributed by atoms with E-state index in [1.165, 1.54) is 17.7 Å². The molecule has 1 heterocycles. The zero-order valence-electron chi connectivity index (χ0n) is 9.20. The van der Waals surface area contributed by atoms with Gasteiger partial charge in [-0.3, -0.25) is 0 Å². The highest BCUT2D eigenvalue weighted by atomic mass is 32.1. The number of hydrogen-bond acceptors (Lipinski definition) is 2. The second-order valence-corrected chi connectivity index (χ2v) is 5.39. The van der Waals surface area contributed by atoms with E-state index in [4.69, 9.17) is 5.73 Å². The lowest BCUT2D eigenvalue weighted by Crippen LogP contribution is -2.21. The summed E-state index contributed by atoms with van der Waals surface area (Å²) >= 11 is 1.85. The summed E-state index contributed by atoms with van der Waals surface area (Å²) in [5, 5.41) is 2.14. The van der Waals surface area contributed by atoms with E-state index < -0.39 is 0 Å². The minimum Gasteiger partial charge on any atom is -0.328 e. The van der Waals surface area contributed by atoms with Crippen LogP contribution in [0.5, 0.6) is 0 Å². The molecule has 0 saturated heterocycles. The second kappa shape index (κ2) is 6.20. The van der Waals surface area contributed by atoms with Crippen molar-refractivity contribution < 1.29 is 0 Å². The van der Waals surface area contributed by atoms with Crippen LogP contribution < -0.4 is 5.73 Å². The summed E-state index contributed by atoms with van der Waals surface area (Å²) in [6.07, 6.45) is 4.75. The Morgan fingerprint density at radius 1 is 1.43 bits per heavy atom. The molecule has 0 fully saturated rings. The van der Waals surface area contributed by atoms with Crippen molar-refractivity contribution in [1.29, 1.82) is 0 Å². The summed E-state index contributed by atoms with van der Waals surface area (Å²) in [6, 6.07) is 4.72. The molecule has 1 nitrogen and oxygen atoms in total. The molecule has 1 unspecified atom stereocenters. The molecule has 0 radical (unpaired) electrons. The van der Waals surface area contributed by atoms with E-state index in [-0.39, 0.29) is 0 Å². The fraction of sp³-hybridized carbons (Fsp3) is 0.667. The lowest BCUT2D eigenvalue weighted by Gasteiger charge is -2.13. The zero-order valence-corrected chi connectivity index (χ0v) is 10.0. The molecule has 0 aliphatic heterocycles. The van der Waals surface area contributed by atoms with Crippen LogP contribution in [0.3, 0.4) is 0 Å². The average Bonchev–Trinajstić information content (AvgIpc) is 2.55. The number of nitrogens with two attached hydrogens (primary N) is 1. The largest absolute Gasteiger partial charge is 0.328 e. The minimum absolute atomic E-state index is 0.398. The van der Waals surface area contributed by atoms with Gasteiger partial charge in [-0.15, -0.1) is 11.3 Å². The normalized spacial score (nSPS) is 13.4. The predicted octanol–water partition coefficient (Wildman–Crippen LogP) is 3.44. The van der Waals surface area contributed by atoms with E-state index in [1.54, 1.807) is 0 Å². The van der Waals surface area contributed by atoms with Crippen LogP contribution in [0.15, 0.2) is 17.5 Å². The summed E-state index contributed by atoms with van der Waals surface area (Å²) in [7, 11) is 0. The van der Waals surface area contributed by atoms with Gasteiger partial charge in [0.1, 0.15) is 0 Å². The smallest absolute Gasteiger partial charge is 0.00452 e. The van der Waals surface area contributed by atoms with Crippen LogP contribution >= 0.6 is 11.3 Å². The van der Waals surface area contributed by atoms with Crippen molar-refractivity contribution in [3.63, 3.8) is 0 Å². The molecule has 1 rings (SSSR count). The highest BCUT2D eigenvalue weighted by Gasteiger charge is 2.05. The topological polar surface area (TPSA) is 26.0 Å². The Balaban J connectivity index is 2.09. The summed E-state index contributed by atoms with van der Waals surface area (Å²) in [4.78, 5) is 1.49. The van der Waals surface area contributed by atoms with Gasteiger partial charge < -0.3 is 5.73 Å². The molecule has 0 aromatic carbocycles. The first-order valence-corrected chi connectivity index (χ1v) is 6.34. The Bertz CT molecular complexity index is 228. The van der Waals surface area contributed by atoms with E-state index in [1.807, 2.05) is 11.3 Å². The molecular formula is C12H21NS. The molecule has 2 N–H and O–H groups in total. The molecular weight excluding hydrogens is 190 g/mol. The van der Waals surface area contributed by atoms with Crippen molar-refractivity contribution in [1.82, 2.24) is 0 Å². The van der Waals surface area contributed by atoms with Crippen LogP contribution in [-0.2, 0) is 6.42 Å². The van der Waals surface area contributed by atoms with Crippen molar-refractivity contribution in [3.05, 3.63) is 22.4 Å². The first-order valence-electron chi connectivity index (χ1n) is 5.46. The quantitative estimate of drug-likeness (QED) is 0.766. The predicted molar refractivity (Wildman–Crippen MR) is 64.7 cm³/mol. The van der Waals surface area contributed by atoms with Gasteiger partial charge in [0, 0.05) is 10.9 Å². The fourth-order valence-corrected chi connectivity index (χ4v) is 2.47. The Kier molecular flexibility index (Phi) is 5.20. The summed E-state index contributed by atoms with van der Waals surface area (Å²) in [5.74, 6) is 0.728. The van der Waals surface area contributed by atoms with Gasteiger partial charge in [0.05, 0.1) is 0 Å². The van der Waals surface area contributed by atoms with E-state index in [2.05, 4.69) is 31.4 Å². The monoisotopic (exact) mass is 211 g/mol. The third-order valence-electron chi connectivity index (χ3n) is 2.35. The SMILES string of the molecule is CC(C)CC(N)CCCc1cccs1. The van der Waals surface area contributed by atoms with Crippen LogP contribution in [0.1, 0.15) is 38.0 Å². The van der Waals surface area contributed by atoms with Gasteiger partial charge in [-0.05, 0) is 43.0 Å². The molecule has 0 aliphatic carbocycles. The van der Waals surface area contributed by atoms with Crippen molar-refractivity contribution in [2.45, 2.75) is 45.6 Å².